The highest BCUT2D eigenvalue weighted by molar-refractivity contribution is 7.15. The van der Waals surface area contributed by atoms with Gasteiger partial charge in [0.15, 0.2) is 6.29 Å². The molecule has 2 aromatic rings. The Labute approximate surface area is 104 Å². The molecule has 0 aliphatic rings. The molecule has 3 nitrogen and oxygen atoms in total. The summed E-state index contributed by atoms with van der Waals surface area (Å²) in [5.74, 6) is 0.825. The predicted octanol–water partition coefficient (Wildman–Crippen LogP) is 3.33. The van der Waals surface area contributed by atoms with Gasteiger partial charge in [0.25, 0.3) is 0 Å². The monoisotopic (exact) mass is 247 g/mol. The molecule has 0 bridgehead atoms. The van der Waals surface area contributed by atoms with E-state index < -0.39 is 0 Å². The molecule has 0 atom stereocenters. The third-order valence-electron chi connectivity index (χ3n) is 2.34. The lowest BCUT2D eigenvalue weighted by Gasteiger charge is -2.03. The van der Waals surface area contributed by atoms with E-state index in [9.17, 15) is 4.79 Å². The van der Waals surface area contributed by atoms with Gasteiger partial charge < -0.3 is 4.74 Å². The van der Waals surface area contributed by atoms with E-state index in [0.29, 0.717) is 12.3 Å². The van der Waals surface area contributed by atoms with Gasteiger partial charge in [0.05, 0.1) is 6.61 Å². The van der Waals surface area contributed by atoms with Crippen molar-refractivity contribution >= 4 is 17.6 Å². The van der Waals surface area contributed by atoms with Crippen LogP contribution in [0.3, 0.4) is 0 Å². The lowest BCUT2D eigenvalue weighted by atomic mass is 10.2. The summed E-state index contributed by atoms with van der Waals surface area (Å²) in [6, 6.07) is 7.75. The maximum atomic E-state index is 10.8. The largest absolute Gasteiger partial charge is 0.494 e. The summed E-state index contributed by atoms with van der Waals surface area (Å²) < 4.78 is 5.44. The van der Waals surface area contributed by atoms with Gasteiger partial charge in [0.2, 0.25) is 0 Å². The minimum absolute atomic E-state index is 0.520. The molecule has 0 amide bonds. The summed E-state index contributed by atoms with van der Waals surface area (Å²) in [6.45, 7) is 4.49. The fourth-order valence-electron chi connectivity index (χ4n) is 1.53. The molecule has 0 fully saturated rings. The first-order valence-corrected chi connectivity index (χ1v) is 6.22. The van der Waals surface area contributed by atoms with Crippen LogP contribution in [0.2, 0.25) is 0 Å². The molecule has 0 aliphatic carbocycles. The van der Waals surface area contributed by atoms with E-state index in [1.807, 2.05) is 38.1 Å². The molecule has 0 aliphatic heterocycles. The van der Waals surface area contributed by atoms with Crippen LogP contribution in [-0.4, -0.2) is 17.9 Å². The Morgan fingerprint density at radius 2 is 2.29 bits per heavy atom. The minimum Gasteiger partial charge on any atom is -0.494 e. The summed E-state index contributed by atoms with van der Waals surface area (Å²) in [6.07, 6.45) is 0.793. The van der Waals surface area contributed by atoms with E-state index in [1.54, 1.807) is 0 Å². The third-order valence-corrected chi connectivity index (χ3v) is 3.37. The number of aromatic nitrogens is 1. The summed E-state index contributed by atoms with van der Waals surface area (Å²) in [4.78, 5) is 16.0. The number of aryl methyl sites for hydroxylation is 1. The zero-order valence-electron chi connectivity index (χ0n) is 9.77. The number of benzene rings is 1. The van der Waals surface area contributed by atoms with Crippen molar-refractivity contribution in [2.24, 2.45) is 0 Å². The maximum absolute atomic E-state index is 10.8. The topological polar surface area (TPSA) is 39.2 Å². The minimum atomic E-state index is 0.520. The van der Waals surface area contributed by atoms with Crippen LogP contribution in [0.15, 0.2) is 24.3 Å². The van der Waals surface area contributed by atoms with Crippen LogP contribution >= 0.6 is 11.3 Å². The van der Waals surface area contributed by atoms with Crippen molar-refractivity contribution in [3.05, 3.63) is 34.8 Å². The van der Waals surface area contributed by atoms with Crippen molar-refractivity contribution in [2.45, 2.75) is 13.8 Å². The first-order valence-electron chi connectivity index (χ1n) is 5.40. The van der Waals surface area contributed by atoms with E-state index in [-0.39, 0.29) is 0 Å². The van der Waals surface area contributed by atoms with Gasteiger partial charge in [0, 0.05) is 10.4 Å². The second-order valence-corrected chi connectivity index (χ2v) is 4.74. The standard InChI is InChI=1S/C13H13NO2S/c1-3-16-11-6-4-5-10(7-11)13-14-12(8-15)9(2)17-13/h4-8H,3H2,1-2H3. The second kappa shape index (κ2) is 5.10. The van der Waals surface area contributed by atoms with Gasteiger partial charge in [-0.25, -0.2) is 4.98 Å². The smallest absolute Gasteiger partial charge is 0.169 e. The number of ether oxygens (including phenoxy) is 1. The first-order chi connectivity index (χ1) is 8.24. The molecule has 0 radical (unpaired) electrons. The number of hydrogen-bond acceptors (Lipinski definition) is 4. The highest BCUT2D eigenvalue weighted by atomic mass is 32.1. The summed E-state index contributed by atoms with van der Waals surface area (Å²) in [5, 5.41) is 0.853. The molecule has 1 aromatic heterocycles. The average Bonchev–Trinajstić information content (AvgIpc) is 2.71. The number of hydrogen-bond donors (Lipinski definition) is 0. The van der Waals surface area contributed by atoms with Crippen LogP contribution in [0.5, 0.6) is 5.75 Å². The highest BCUT2D eigenvalue weighted by Gasteiger charge is 2.09. The molecule has 2 rings (SSSR count). The molecule has 0 saturated carbocycles. The van der Waals surface area contributed by atoms with E-state index in [0.717, 1.165) is 27.5 Å². The first kappa shape index (κ1) is 11.8. The molecule has 1 aromatic carbocycles. The Bertz CT molecular complexity index is 534. The lowest BCUT2D eigenvalue weighted by molar-refractivity contribution is 0.111. The Morgan fingerprint density at radius 3 is 2.94 bits per heavy atom. The molecule has 88 valence electrons. The van der Waals surface area contributed by atoms with Crippen molar-refractivity contribution in [3.63, 3.8) is 0 Å². The third kappa shape index (κ3) is 2.53. The van der Waals surface area contributed by atoms with Gasteiger partial charge in [-0.05, 0) is 26.0 Å². The maximum Gasteiger partial charge on any atom is 0.169 e. The molecular formula is C13H13NO2S. The van der Waals surface area contributed by atoms with E-state index >= 15 is 0 Å². The van der Waals surface area contributed by atoms with E-state index in [2.05, 4.69) is 4.98 Å². The number of thiazole rings is 1. The Hall–Kier alpha value is -1.68. The fraction of sp³-hybridized carbons (Fsp3) is 0.231. The zero-order valence-corrected chi connectivity index (χ0v) is 10.6. The Kier molecular flexibility index (Phi) is 3.54. The Balaban J connectivity index is 2.38. The summed E-state index contributed by atoms with van der Waals surface area (Å²) in [5.41, 5.74) is 1.50. The van der Waals surface area contributed by atoms with Crippen LogP contribution in [0.25, 0.3) is 10.6 Å². The normalized spacial score (nSPS) is 10.2. The highest BCUT2D eigenvalue weighted by Crippen LogP contribution is 2.29. The van der Waals surface area contributed by atoms with Crippen molar-refractivity contribution in [1.82, 2.24) is 4.98 Å². The van der Waals surface area contributed by atoms with Gasteiger partial charge in [-0.3, -0.25) is 4.79 Å². The van der Waals surface area contributed by atoms with Crippen LogP contribution in [0, 0.1) is 6.92 Å². The van der Waals surface area contributed by atoms with Crippen molar-refractivity contribution in [2.75, 3.05) is 6.61 Å². The number of nitrogens with zero attached hydrogens (tertiary/aromatic N) is 1. The van der Waals surface area contributed by atoms with Crippen LogP contribution in [0.4, 0.5) is 0 Å². The molecule has 1 heterocycles. The van der Waals surface area contributed by atoms with Crippen LogP contribution in [0.1, 0.15) is 22.3 Å². The van der Waals surface area contributed by atoms with Crippen LogP contribution < -0.4 is 4.74 Å². The SMILES string of the molecule is CCOc1cccc(-c2nc(C=O)c(C)s2)c1. The van der Waals surface area contributed by atoms with Gasteiger partial charge in [-0.2, -0.15) is 0 Å². The lowest BCUT2D eigenvalue weighted by Crippen LogP contribution is -1.91. The Morgan fingerprint density at radius 1 is 1.47 bits per heavy atom. The zero-order chi connectivity index (χ0) is 12.3. The van der Waals surface area contributed by atoms with E-state index in [4.69, 9.17) is 4.74 Å². The number of aldehydes is 1. The van der Waals surface area contributed by atoms with E-state index in [1.165, 1.54) is 11.3 Å². The second-order valence-electron chi connectivity index (χ2n) is 3.54. The van der Waals surface area contributed by atoms with Crippen molar-refractivity contribution in [3.8, 4) is 16.3 Å². The molecule has 4 heteroatoms. The summed E-state index contributed by atoms with van der Waals surface area (Å²) >= 11 is 1.52. The molecule has 17 heavy (non-hydrogen) atoms. The van der Waals surface area contributed by atoms with Gasteiger partial charge in [0.1, 0.15) is 16.5 Å². The van der Waals surface area contributed by atoms with Gasteiger partial charge in [-0.15, -0.1) is 11.3 Å². The molecule has 0 saturated heterocycles. The van der Waals surface area contributed by atoms with Gasteiger partial charge in [-0.1, -0.05) is 12.1 Å². The molecular weight excluding hydrogens is 234 g/mol. The number of rotatable bonds is 4. The van der Waals surface area contributed by atoms with Crippen molar-refractivity contribution in [1.29, 1.82) is 0 Å². The quantitative estimate of drug-likeness (QED) is 0.778. The summed E-state index contributed by atoms with van der Waals surface area (Å²) in [7, 11) is 0. The van der Waals surface area contributed by atoms with Gasteiger partial charge >= 0.3 is 0 Å². The molecule has 0 unspecified atom stereocenters. The number of carbonyl (C=O) groups excluding carboxylic acids is 1. The average molecular weight is 247 g/mol. The van der Waals surface area contributed by atoms with Crippen LogP contribution in [-0.2, 0) is 0 Å². The molecule has 0 spiro atoms. The number of carbonyl (C=O) groups is 1. The predicted molar refractivity (Wildman–Crippen MR) is 68.8 cm³/mol. The molecule has 0 N–H and O–H groups in total. The fourth-order valence-corrected chi connectivity index (χ4v) is 2.40. The van der Waals surface area contributed by atoms with Crippen molar-refractivity contribution < 1.29 is 9.53 Å².